The molecule has 0 bridgehead atoms. The zero-order valence-electron chi connectivity index (χ0n) is 14.0. The summed E-state index contributed by atoms with van der Waals surface area (Å²) in [6.45, 7) is 1.87. The highest BCUT2D eigenvalue weighted by atomic mass is 35.5. The standard InChI is InChI=1S/C16H18ClN3O4S2/c1-18-26(22,23)15-5-4-14(24-15)16(21)19-11-2-3-13(12(17)10-11)20-6-8-25-9-7-20/h2-5,10,18H,6-9H2,1H3,(H,19,21). The summed E-state index contributed by atoms with van der Waals surface area (Å²) >= 11 is 8.28. The second-order valence-electron chi connectivity index (χ2n) is 5.55. The molecule has 1 saturated heterocycles. The maximum absolute atomic E-state index is 12.3. The summed E-state index contributed by atoms with van der Waals surface area (Å²) in [4.78, 5) is 14.5. The summed E-state index contributed by atoms with van der Waals surface area (Å²) in [6, 6.07) is 7.83. The van der Waals surface area contributed by atoms with Gasteiger partial charge in [-0.25, -0.2) is 13.1 Å². The average Bonchev–Trinajstić information content (AvgIpc) is 3.14. The highest BCUT2D eigenvalue weighted by Crippen LogP contribution is 2.30. The van der Waals surface area contributed by atoms with Gasteiger partial charge in [0.05, 0.1) is 10.7 Å². The Labute approximate surface area is 161 Å². The van der Waals surface area contributed by atoms with Crippen molar-refractivity contribution in [2.24, 2.45) is 0 Å². The van der Waals surface area contributed by atoms with Gasteiger partial charge in [0.15, 0.2) is 5.76 Å². The van der Waals surface area contributed by atoms with Crippen LogP contribution in [-0.4, -0.2) is 46.0 Å². The van der Waals surface area contributed by atoms with Crippen LogP contribution in [0.4, 0.5) is 11.4 Å². The van der Waals surface area contributed by atoms with Crippen LogP contribution >= 0.6 is 23.4 Å². The Morgan fingerprint density at radius 1 is 1.23 bits per heavy atom. The molecule has 140 valence electrons. The SMILES string of the molecule is CNS(=O)(=O)c1ccc(C(=O)Nc2ccc(N3CCSCC3)c(Cl)c2)o1. The molecule has 0 spiro atoms. The predicted molar refractivity (Wildman–Crippen MR) is 104 cm³/mol. The molecule has 10 heteroatoms. The molecular weight excluding hydrogens is 398 g/mol. The fraction of sp³-hybridized carbons (Fsp3) is 0.312. The smallest absolute Gasteiger partial charge is 0.291 e. The van der Waals surface area contributed by atoms with Crippen LogP contribution in [-0.2, 0) is 10.0 Å². The van der Waals surface area contributed by atoms with E-state index < -0.39 is 15.9 Å². The quantitative estimate of drug-likeness (QED) is 0.780. The van der Waals surface area contributed by atoms with Crippen LogP contribution in [0, 0.1) is 0 Å². The second kappa shape index (κ2) is 7.91. The van der Waals surface area contributed by atoms with E-state index in [0.717, 1.165) is 30.3 Å². The van der Waals surface area contributed by atoms with E-state index in [9.17, 15) is 13.2 Å². The highest BCUT2D eigenvalue weighted by molar-refractivity contribution is 7.99. The number of thioether (sulfide) groups is 1. The number of carbonyl (C=O) groups excluding carboxylic acids is 1. The molecule has 2 aromatic rings. The Balaban J connectivity index is 1.72. The fourth-order valence-electron chi connectivity index (χ4n) is 2.53. The van der Waals surface area contributed by atoms with Gasteiger partial charge in [-0.2, -0.15) is 11.8 Å². The van der Waals surface area contributed by atoms with Crippen LogP contribution in [0.3, 0.4) is 0 Å². The topological polar surface area (TPSA) is 91.6 Å². The molecule has 1 aliphatic heterocycles. The number of amides is 1. The summed E-state index contributed by atoms with van der Waals surface area (Å²) in [5.41, 5.74) is 1.44. The lowest BCUT2D eigenvalue weighted by molar-refractivity contribution is 0.0991. The fourth-order valence-corrected chi connectivity index (χ4v) is 4.38. The summed E-state index contributed by atoms with van der Waals surface area (Å²) in [5, 5.41) is 2.89. The molecule has 0 unspecified atom stereocenters. The molecule has 2 heterocycles. The van der Waals surface area contributed by atoms with Crippen molar-refractivity contribution in [1.29, 1.82) is 0 Å². The van der Waals surface area contributed by atoms with E-state index >= 15 is 0 Å². The van der Waals surface area contributed by atoms with Gasteiger partial charge in [0.1, 0.15) is 0 Å². The Morgan fingerprint density at radius 3 is 2.62 bits per heavy atom. The van der Waals surface area contributed by atoms with E-state index in [0.29, 0.717) is 10.7 Å². The number of hydrogen-bond acceptors (Lipinski definition) is 6. The zero-order valence-corrected chi connectivity index (χ0v) is 16.4. The summed E-state index contributed by atoms with van der Waals surface area (Å²) < 4.78 is 30.6. The Morgan fingerprint density at radius 2 is 1.96 bits per heavy atom. The molecule has 26 heavy (non-hydrogen) atoms. The second-order valence-corrected chi connectivity index (χ2v) is 9.00. The molecule has 1 aromatic heterocycles. The van der Waals surface area contributed by atoms with Crippen LogP contribution in [0.5, 0.6) is 0 Å². The maximum atomic E-state index is 12.3. The van der Waals surface area contributed by atoms with Gasteiger partial charge in [0.25, 0.3) is 15.9 Å². The summed E-state index contributed by atoms with van der Waals surface area (Å²) in [7, 11) is -2.47. The van der Waals surface area contributed by atoms with Crippen LogP contribution in [0.1, 0.15) is 10.6 Å². The number of nitrogens with zero attached hydrogens (tertiary/aromatic N) is 1. The number of nitrogens with one attached hydrogen (secondary N) is 2. The van der Waals surface area contributed by atoms with Crippen molar-refractivity contribution in [3.8, 4) is 0 Å². The molecule has 1 aromatic carbocycles. The van der Waals surface area contributed by atoms with Crippen molar-refractivity contribution in [3.05, 3.63) is 41.1 Å². The Bertz CT molecular complexity index is 908. The first-order chi connectivity index (χ1) is 12.4. The zero-order chi connectivity index (χ0) is 18.7. The van der Waals surface area contributed by atoms with Crippen LogP contribution in [0.25, 0.3) is 0 Å². The third kappa shape index (κ3) is 4.17. The van der Waals surface area contributed by atoms with Gasteiger partial charge >= 0.3 is 0 Å². The minimum atomic E-state index is -3.73. The van der Waals surface area contributed by atoms with Crippen molar-refractivity contribution in [3.63, 3.8) is 0 Å². The van der Waals surface area contributed by atoms with Crippen molar-refractivity contribution in [2.45, 2.75) is 5.09 Å². The number of carbonyl (C=O) groups is 1. The lowest BCUT2D eigenvalue weighted by atomic mass is 10.2. The van der Waals surface area contributed by atoms with E-state index in [1.54, 1.807) is 12.1 Å². The minimum absolute atomic E-state index is 0.105. The third-order valence-corrected chi connectivity index (χ3v) is 6.43. The van der Waals surface area contributed by atoms with Gasteiger partial charge in [-0.3, -0.25) is 4.79 Å². The molecule has 0 radical (unpaired) electrons. The number of hydrogen-bond donors (Lipinski definition) is 2. The lowest BCUT2D eigenvalue weighted by Crippen LogP contribution is -2.32. The minimum Gasteiger partial charge on any atom is -0.438 e. The van der Waals surface area contributed by atoms with E-state index in [1.165, 1.54) is 19.2 Å². The number of benzene rings is 1. The first-order valence-corrected chi connectivity index (χ1v) is 10.9. The van der Waals surface area contributed by atoms with Crippen LogP contribution < -0.4 is 14.9 Å². The third-order valence-electron chi connectivity index (χ3n) is 3.90. The predicted octanol–water partition coefficient (Wildman–Crippen LogP) is 2.65. The van der Waals surface area contributed by atoms with Crippen molar-refractivity contribution < 1.29 is 17.6 Å². The molecule has 1 fully saturated rings. The first-order valence-electron chi connectivity index (χ1n) is 7.88. The Hall–Kier alpha value is -1.68. The molecule has 1 amide bonds. The van der Waals surface area contributed by atoms with Gasteiger partial charge in [0, 0.05) is 30.3 Å². The molecule has 0 atom stereocenters. The molecular formula is C16H18ClN3O4S2. The maximum Gasteiger partial charge on any atom is 0.291 e. The number of sulfonamides is 1. The van der Waals surface area contributed by atoms with Crippen molar-refractivity contribution in [2.75, 3.05) is 41.9 Å². The molecule has 1 aliphatic rings. The monoisotopic (exact) mass is 415 g/mol. The van der Waals surface area contributed by atoms with Crippen molar-refractivity contribution in [1.82, 2.24) is 4.72 Å². The number of anilines is 2. The van der Waals surface area contributed by atoms with E-state index in [1.807, 2.05) is 17.8 Å². The molecule has 2 N–H and O–H groups in total. The van der Waals surface area contributed by atoms with Crippen LogP contribution in [0.2, 0.25) is 5.02 Å². The van der Waals surface area contributed by atoms with E-state index in [-0.39, 0.29) is 10.9 Å². The summed E-state index contributed by atoms with van der Waals surface area (Å²) in [5.74, 6) is 1.46. The Kier molecular flexibility index (Phi) is 5.81. The van der Waals surface area contributed by atoms with Gasteiger partial charge in [-0.05, 0) is 37.4 Å². The average molecular weight is 416 g/mol. The summed E-state index contributed by atoms with van der Waals surface area (Å²) in [6.07, 6.45) is 0. The normalized spacial score (nSPS) is 15.1. The van der Waals surface area contributed by atoms with Gasteiger partial charge < -0.3 is 14.6 Å². The van der Waals surface area contributed by atoms with Crippen LogP contribution in [0.15, 0.2) is 39.8 Å². The van der Waals surface area contributed by atoms with Gasteiger partial charge in [-0.15, -0.1) is 0 Å². The van der Waals surface area contributed by atoms with E-state index in [2.05, 4.69) is 14.9 Å². The largest absolute Gasteiger partial charge is 0.438 e. The van der Waals surface area contributed by atoms with Crippen molar-refractivity contribution >= 4 is 50.7 Å². The van der Waals surface area contributed by atoms with Gasteiger partial charge in [0.2, 0.25) is 5.09 Å². The van der Waals surface area contributed by atoms with Gasteiger partial charge in [-0.1, -0.05) is 11.6 Å². The number of halogens is 1. The number of rotatable bonds is 5. The van der Waals surface area contributed by atoms with E-state index in [4.69, 9.17) is 16.0 Å². The molecule has 7 nitrogen and oxygen atoms in total. The molecule has 0 saturated carbocycles. The molecule has 0 aliphatic carbocycles. The number of furan rings is 1. The first kappa shape index (κ1) is 19.1. The molecule has 3 rings (SSSR count). The highest BCUT2D eigenvalue weighted by Gasteiger charge is 2.20. The lowest BCUT2D eigenvalue weighted by Gasteiger charge is -2.29.